The van der Waals surface area contributed by atoms with E-state index < -0.39 is 23.8 Å². The Hall–Kier alpha value is -1.69. The summed E-state index contributed by atoms with van der Waals surface area (Å²) in [5.74, 6) is -0.860. The number of hydrogen-bond donors (Lipinski definition) is 4. The number of aliphatic hydroxyl groups is 3. The molecule has 0 saturated carbocycles. The number of carbonyl (C=O) groups is 1. The van der Waals surface area contributed by atoms with Gasteiger partial charge in [0.25, 0.3) is 0 Å². The van der Waals surface area contributed by atoms with Crippen LogP contribution >= 0.6 is 0 Å². The van der Waals surface area contributed by atoms with Gasteiger partial charge < -0.3 is 20.4 Å². The Labute approximate surface area is 157 Å². The number of unbranched alkanes of at least 4 members (excludes halogenated alkanes) is 2. The first kappa shape index (κ1) is 24.3. The van der Waals surface area contributed by atoms with E-state index in [0.29, 0.717) is 19.3 Å². The maximum absolute atomic E-state index is 10.5. The summed E-state index contributed by atoms with van der Waals surface area (Å²) in [5.41, 5.74) is -1.03. The van der Waals surface area contributed by atoms with E-state index in [4.69, 9.17) is 5.11 Å². The largest absolute Gasteiger partial charge is 0.481 e. The van der Waals surface area contributed by atoms with Crippen LogP contribution in [0.15, 0.2) is 48.6 Å². The Morgan fingerprint density at radius 2 is 1.62 bits per heavy atom. The quantitative estimate of drug-likeness (QED) is 0.278. The van der Waals surface area contributed by atoms with Gasteiger partial charge in [-0.25, -0.2) is 0 Å². The minimum Gasteiger partial charge on any atom is -0.481 e. The average molecular weight is 366 g/mol. The van der Waals surface area contributed by atoms with Crippen LogP contribution in [0.4, 0.5) is 0 Å². The van der Waals surface area contributed by atoms with Crippen LogP contribution in [-0.2, 0) is 4.79 Å². The van der Waals surface area contributed by atoms with Crippen LogP contribution in [0.25, 0.3) is 0 Å². The van der Waals surface area contributed by atoms with Crippen molar-refractivity contribution in [1.29, 1.82) is 0 Å². The Balaban J connectivity index is 4.13. The number of carboxylic acid groups (broad SMARTS) is 1. The summed E-state index contributed by atoms with van der Waals surface area (Å²) in [6.45, 7) is 3.74. The lowest BCUT2D eigenvalue weighted by Crippen LogP contribution is -2.23. The number of hydrogen-bond acceptors (Lipinski definition) is 4. The molecule has 0 aromatic heterocycles. The molecule has 0 aliphatic carbocycles. The lowest BCUT2D eigenvalue weighted by Gasteiger charge is -2.17. The van der Waals surface area contributed by atoms with Gasteiger partial charge in [-0.2, -0.15) is 0 Å². The lowest BCUT2D eigenvalue weighted by atomic mass is 9.98. The third-order valence-electron chi connectivity index (χ3n) is 3.89. The van der Waals surface area contributed by atoms with Gasteiger partial charge in [-0.1, -0.05) is 74.8 Å². The molecule has 0 aliphatic heterocycles. The Kier molecular flexibility index (Phi) is 13.5. The van der Waals surface area contributed by atoms with Crippen molar-refractivity contribution in [2.45, 2.75) is 76.6 Å². The fraction of sp³-hybridized carbons (Fsp3) is 0.571. The Morgan fingerprint density at radius 3 is 2.23 bits per heavy atom. The first-order chi connectivity index (χ1) is 12.3. The van der Waals surface area contributed by atoms with E-state index in [0.717, 1.165) is 19.3 Å². The second-order valence-corrected chi connectivity index (χ2v) is 6.67. The van der Waals surface area contributed by atoms with Crippen LogP contribution in [0.1, 0.15) is 58.8 Å². The molecule has 0 spiro atoms. The number of allylic oxidation sites excluding steroid dienone is 6. The van der Waals surface area contributed by atoms with Gasteiger partial charge in [-0.15, -0.1) is 0 Å². The molecular formula is C21H34O5. The highest BCUT2D eigenvalue weighted by molar-refractivity contribution is 5.66. The smallest absolute Gasteiger partial charge is 0.303 e. The third kappa shape index (κ3) is 14.6. The summed E-state index contributed by atoms with van der Waals surface area (Å²) in [7, 11) is 0. The molecule has 3 atom stereocenters. The van der Waals surface area contributed by atoms with E-state index in [1.165, 1.54) is 0 Å². The third-order valence-corrected chi connectivity index (χ3v) is 3.89. The molecular weight excluding hydrogens is 332 g/mol. The second kappa shape index (κ2) is 14.5. The van der Waals surface area contributed by atoms with Crippen LogP contribution in [0.3, 0.4) is 0 Å². The molecule has 0 rings (SSSR count). The fourth-order valence-corrected chi connectivity index (χ4v) is 2.28. The molecule has 1 unspecified atom stereocenters. The molecule has 148 valence electrons. The van der Waals surface area contributed by atoms with E-state index in [2.05, 4.69) is 6.92 Å². The molecule has 5 heteroatoms. The van der Waals surface area contributed by atoms with Crippen molar-refractivity contribution in [1.82, 2.24) is 0 Å². The maximum Gasteiger partial charge on any atom is 0.303 e. The van der Waals surface area contributed by atoms with Crippen LogP contribution < -0.4 is 0 Å². The first-order valence-corrected chi connectivity index (χ1v) is 9.28. The van der Waals surface area contributed by atoms with Gasteiger partial charge in [0, 0.05) is 6.42 Å². The molecule has 0 aromatic carbocycles. The highest BCUT2D eigenvalue weighted by Crippen LogP contribution is 2.15. The van der Waals surface area contributed by atoms with Crippen LogP contribution in [0.5, 0.6) is 0 Å². The number of aliphatic carboxylic acids is 1. The maximum atomic E-state index is 10.5. The number of carboxylic acids is 1. The SMILES string of the molecule is CCCCC[C@@H](O)[C@@H](O)/C=C/C=C/C=C\C=C\C(C)(O)CCCC(=O)O. The summed E-state index contributed by atoms with van der Waals surface area (Å²) in [6.07, 6.45) is 16.6. The van der Waals surface area contributed by atoms with Crippen molar-refractivity contribution in [2.75, 3.05) is 0 Å². The van der Waals surface area contributed by atoms with Gasteiger partial charge in [-0.3, -0.25) is 4.79 Å². The Morgan fingerprint density at radius 1 is 1.00 bits per heavy atom. The minimum absolute atomic E-state index is 0.0497. The second-order valence-electron chi connectivity index (χ2n) is 6.67. The molecule has 0 heterocycles. The van der Waals surface area contributed by atoms with Gasteiger partial charge >= 0.3 is 5.97 Å². The predicted molar refractivity (Wildman–Crippen MR) is 105 cm³/mol. The van der Waals surface area contributed by atoms with Crippen LogP contribution in [0, 0.1) is 0 Å². The zero-order valence-electron chi connectivity index (χ0n) is 15.9. The normalized spacial score (nSPS) is 17.4. The predicted octanol–water partition coefficient (Wildman–Crippen LogP) is 3.52. The van der Waals surface area contributed by atoms with Crippen molar-refractivity contribution in [3.8, 4) is 0 Å². The van der Waals surface area contributed by atoms with Gasteiger partial charge in [0.1, 0.15) is 0 Å². The summed E-state index contributed by atoms with van der Waals surface area (Å²) >= 11 is 0. The molecule has 5 nitrogen and oxygen atoms in total. The monoisotopic (exact) mass is 366 g/mol. The van der Waals surface area contributed by atoms with Gasteiger partial charge in [0.05, 0.1) is 17.8 Å². The van der Waals surface area contributed by atoms with Gasteiger partial charge in [0.2, 0.25) is 0 Å². The highest BCUT2D eigenvalue weighted by Gasteiger charge is 2.15. The van der Waals surface area contributed by atoms with Crippen molar-refractivity contribution in [3.05, 3.63) is 48.6 Å². The lowest BCUT2D eigenvalue weighted by molar-refractivity contribution is -0.137. The molecule has 4 N–H and O–H groups in total. The number of rotatable bonds is 14. The molecule has 0 radical (unpaired) electrons. The van der Waals surface area contributed by atoms with E-state index in [-0.39, 0.29) is 6.42 Å². The highest BCUT2D eigenvalue weighted by atomic mass is 16.4. The molecule has 26 heavy (non-hydrogen) atoms. The van der Waals surface area contributed by atoms with Crippen molar-refractivity contribution in [2.24, 2.45) is 0 Å². The van der Waals surface area contributed by atoms with Crippen molar-refractivity contribution < 1.29 is 25.2 Å². The van der Waals surface area contributed by atoms with E-state index in [1.807, 2.05) is 0 Å². The zero-order chi connectivity index (χ0) is 19.8. The van der Waals surface area contributed by atoms with Crippen LogP contribution in [-0.4, -0.2) is 44.2 Å². The zero-order valence-corrected chi connectivity index (χ0v) is 15.9. The molecule has 0 aliphatic rings. The van der Waals surface area contributed by atoms with Gasteiger partial charge in [0.15, 0.2) is 0 Å². The molecule has 0 amide bonds. The average Bonchev–Trinajstić information content (AvgIpc) is 2.56. The number of aliphatic hydroxyl groups excluding tert-OH is 2. The molecule has 0 bridgehead atoms. The van der Waals surface area contributed by atoms with Crippen molar-refractivity contribution >= 4 is 5.97 Å². The van der Waals surface area contributed by atoms with Gasteiger partial charge in [-0.05, 0) is 26.2 Å². The summed E-state index contributed by atoms with van der Waals surface area (Å²) in [5, 5.41) is 38.2. The van der Waals surface area contributed by atoms with E-state index >= 15 is 0 Å². The molecule has 0 saturated heterocycles. The van der Waals surface area contributed by atoms with E-state index in [1.54, 1.807) is 55.5 Å². The first-order valence-electron chi connectivity index (χ1n) is 9.28. The summed E-state index contributed by atoms with van der Waals surface area (Å²) in [6, 6.07) is 0. The molecule has 0 aromatic rings. The Bertz CT molecular complexity index is 489. The van der Waals surface area contributed by atoms with Crippen LogP contribution in [0.2, 0.25) is 0 Å². The standard InChI is InChI=1S/C21H34O5/c1-3-4-9-13-18(22)19(23)14-10-7-5-6-8-11-16-21(2,26)17-12-15-20(24)25/h5-8,10-11,14,16,18-19,22-23,26H,3-4,9,12-13,15,17H2,1-2H3,(H,24,25)/b7-5+,8-6-,14-10+,16-11+/t18-,19+,21?/m1/s1. The summed E-state index contributed by atoms with van der Waals surface area (Å²) < 4.78 is 0. The topological polar surface area (TPSA) is 98.0 Å². The molecule has 0 fully saturated rings. The van der Waals surface area contributed by atoms with Crippen molar-refractivity contribution in [3.63, 3.8) is 0 Å². The minimum atomic E-state index is -1.03. The van der Waals surface area contributed by atoms with E-state index in [9.17, 15) is 20.1 Å². The fourth-order valence-electron chi connectivity index (χ4n) is 2.28. The summed E-state index contributed by atoms with van der Waals surface area (Å²) in [4.78, 5) is 10.5.